The minimum Gasteiger partial charge on any atom is -0.365 e. The van der Waals surface area contributed by atoms with Crippen molar-refractivity contribution in [1.29, 1.82) is 0 Å². The SMILES string of the molecule is CCCC1CCC(C2COC(c3cc(F)c(F)c(F)c3)C(=O)C2)CC1. The van der Waals surface area contributed by atoms with Crippen molar-refractivity contribution in [3.8, 4) is 0 Å². The second-order valence-electron chi connectivity index (χ2n) is 7.51. The fourth-order valence-corrected chi connectivity index (χ4v) is 4.41. The number of carbonyl (C=O) groups excluding carboxylic acids is 1. The van der Waals surface area contributed by atoms with Crippen molar-refractivity contribution in [2.75, 3.05) is 6.61 Å². The monoisotopic (exact) mass is 354 g/mol. The Morgan fingerprint density at radius 1 is 1.04 bits per heavy atom. The molecule has 0 amide bonds. The summed E-state index contributed by atoms with van der Waals surface area (Å²) in [5, 5.41) is 0. The summed E-state index contributed by atoms with van der Waals surface area (Å²) < 4.78 is 45.6. The van der Waals surface area contributed by atoms with E-state index in [0.717, 1.165) is 30.9 Å². The fraction of sp³-hybridized carbons (Fsp3) is 0.650. The second kappa shape index (κ2) is 7.90. The number of benzene rings is 1. The van der Waals surface area contributed by atoms with Gasteiger partial charge in [-0.05, 0) is 48.3 Å². The van der Waals surface area contributed by atoms with Gasteiger partial charge in [0.15, 0.2) is 23.2 Å². The quantitative estimate of drug-likeness (QED) is 0.681. The van der Waals surface area contributed by atoms with E-state index in [-0.39, 0.29) is 17.3 Å². The van der Waals surface area contributed by atoms with Gasteiger partial charge in [-0.1, -0.05) is 32.6 Å². The Morgan fingerprint density at radius 2 is 1.68 bits per heavy atom. The summed E-state index contributed by atoms with van der Waals surface area (Å²) in [5.74, 6) is -2.79. The van der Waals surface area contributed by atoms with Crippen LogP contribution in [0, 0.1) is 35.2 Å². The molecule has 2 nitrogen and oxygen atoms in total. The lowest BCUT2D eigenvalue weighted by molar-refractivity contribution is -0.142. The van der Waals surface area contributed by atoms with E-state index < -0.39 is 23.6 Å². The molecule has 1 aromatic carbocycles. The average Bonchev–Trinajstić information content (AvgIpc) is 2.60. The molecule has 25 heavy (non-hydrogen) atoms. The first-order valence-electron chi connectivity index (χ1n) is 9.28. The second-order valence-corrected chi connectivity index (χ2v) is 7.51. The maximum Gasteiger partial charge on any atom is 0.194 e. The topological polar surface area (TPSA) is 26.3 Å². The van der Waals surface area contributed by atoms with Crippen LogP contribution in [0.3, 0.4) is 0 Å². The Hall–Kier alpha value is -1.36. The van der Waals surface area contributed by atoms with Gasteiger partial charge in [0.1, 0.15) is 6.10 Å². The zero-order valence-electron chi connectivity index (χ0n) is 14.6. The minimum atomic E-state index is -1.52. The summed E-state index contributed by atoms with van der Waals surface area (Å²) in [6, 6.07) is 1.72. The Labute approximate surface area is 146 Å². The van der Waals surface area contributed by atoms with Gasteiger partial charge in [-0.15, -0.1) is 0 Å². The van der Waals surface area contributed by atoms with E-state index in [0.29, 0.717) is 18.9 Å². The summed E-state index contributed by atoms with van der Waals surface area (Å²) in [7, 11) is 0. The largest absolute Gasteiger partial charge is 0.365 e. The average molecular weight is 354 g/mol. The maximum atomic E-state index is 13.4. The zero-order valence-corrected chi connectivity index (χ0v) is 14.6. The highest BCUT2D eigenvalue weighted by molar-refractivity contribution is 5.85. The van der Waals surface area contributed by atoms with E-state index >= 15 is 0 Å². The molecule has 2 aliphatic rings. The predicted molar refractivity (Wildman–Crippen MR) is 88.5 cm³/mol. The molecule has 5 heteroatoms. The van der Waals surface area contributed by atoms with Crippen LogP contribution >= 0.6 is 0 Å². The van der Waals surface area contributed by atoms with E-state index in [1.807, 2.05) is 0 Å². The van der Waals surface area contributed by atoms with Gasteiger partial charge in [0, 0.05) is 6.42 Å². The minimum absolute atomic E-state index is 0.0616. The van der Waals surface area contributed by atoms with E-state index in [9.17, 15) is 18.0 Å². The summed E-state index contributed by atoms with van der Waals surface area (Å²) in [5.41, 5.74) is 0.0616. The van der Waals surface area contributed by atoms with Crippen LogP contribution in [0.2, 0.25) is 0 Å². The smallest absolute Gasteiger partial charge is 0.194 e. The standard InChI is InChI=1S/C20H25F3O2/c1-2-3-12-4-6-13(7-5-12)15-10-18(24)20(25-11-15)14-8-16(21)19(23)17(22)9-14/h8-9,12-13,15,20H,2-7,10-11H2,1H3. The first kappa shape index (κ1) is 18.4. The number of rotatable bonds is 4. The van der Waals surface area contributed by atoms with Crippen molar-refractivity contribution in [2.24, 2.45) is 17.8 Å². The lowest BCUT2D eigenvalue weighted by Crippen LogP contribution is -2.35. The third-order valence-corrected chi connectivity index (χ3v) is 5.80. The van der Waals surface area contributed by atoms with Crippen molar-refractivity contribution in [1.82, 2.24) is 0 Å². The molecule has 1 saturated carbocycles. The highest BCUT2D eigenvalue weighted by Crippen LogP contribution is 2.40. The molecule has 138 valence electrons. The molecule has 0 aromatic heterocycles. The van der Waals surface area contributed by atoms with Gasteiger partial charge < -0.3 is 4.74 Å². The van der Waals surface area contributed by atoms with Crippen LogP contribution in [0.1, 0.15) is 63.5 Å². The zero-order chi connectivity index (χ0) is 18.0. The Bertz CT molecular complexity index is 600. The van der Waals surface area contributed by atoms with Crippen LogP contribution in [0.4, 0.5) is 13.2 Å². The van der Waals surface area contributed by atoms with Gasteiger partial charge in [-0.2, -0.15) is 0 Å². The maximum absolute atomic E-state index is 13.4. The van der Waals surface area contributed by atoms with E-state index in [2.05, 4.69) is 6.92 Å². The summed E-state index contributed by atoms with van der Waals surface area (Å²) in [4.78, 5) is 12.5. The summed E-state index contributed by atoms with van der Waals surface area (Å²) >= 11 is 0. The Kier molecular flexibility index (Phi) is 5.82. The van der Waals surface area contributed by atoms with Crippen molar-refractivity contribution < 1.29 is 22.7 Å². The third kappa shape index (κ3) is 4.08. The van der Waals surface area contributed by atoms with E-state index in [1.165, 1.54) is 25.7 Å². The highest BCUT2D eigenvalue weighted by atomic mass is 19.2. The van der Waals surface area contributed by atoms with Gasteiger partial charge in [0.05, 0.1) is 6.61 Å². The normalized spacial score (nSPS) is 30.5. The number of Topliss-reactive ketones (excluding diaryl/α,β-unsaturated/α-hetero) is 1. The van der Waals surface area contributed by atoms with Crippen LogP contribution in [-0.2, 0) is 9.53 Å². The lowest BCUT2D eigenvalue weighted by Gasteiger charge is -2.37. The molecular weight excluding hydrogens is 329 g/mol. The molecular formula is C20H25F3O2. The number of hydrogen-bond acceptors (Lipinski definition) is 2. The van der Waals surface area contributed by atoms with Crippen LogP contribution < -0.4 is 0 Å². The van der Waals surface area contributed by atoms with Crippen LogP contribution in [0.15, 0.2) is 12.1 Å². The van der Waals surface area contributed by atoms with Gasteiger partial charge in [-0.3, -0.25) is 4.79 Å². The molecule has 2 unspecified atom stereocenters. The van der Waals surface area contributed by atoms with Crippen molar-refractivity contribution in [2.45, 2.75) is 58.0 Å². The van der Waals surface area contributed by atoms with Crippen LogP contribution in [0.5, 0.6) is 0 Å². The predicted octanol–water partition coefficient (Wildman–Crippen LogP) is 5.36. The summed E-state index contributed by atoms with van der Waals surface area (Å²) in [6.07, 6.45) is 6.53. The molecule has 0 spiro atoms. The molecule has 3 rings (SSSR count). The molecule has 2 fully saturated rings. The number of halogens is 3. The Morgan fingerprint density at radius 3 is 2.24 bits per heavy atom. The molecule has 1 aliphatic heterocycles. The number of carbonyl (C=O) groups is 1. The van der Waals surface area contributed by atoms with Crippen molar-refractivity contribution in [3.63, 3.8) is 0 Å². The molecule has 0 N–H and O–H groups in total. The van der Waals surface area contributed by atoms with Gasteiger partial charge >= 0.3 is 0 Å². The molecule has 1 saturated heterocycles. The first-order valence-corrected chi connectivity index (χ1v) is 9.28. The molecule has 0 radical (unpaired) electrons. The lowest BCUT2D eigenvalue weighted by atomic mass is 9.72. The van der Waals surface area contributed by atoms with Gasteiger partial charge in [0.25, 0.3) is 0 Å². The van der Waals surface area contributed by atoms with Gasteiger partial charge in [0.2, 0.25) is 0 Å². The Balaban J connectivity index is 1.61. The molecule has 1 aliphatic carbocycles. The fourth-order valence-electron chi connectivity index (χ4n) is 4.41. The number of hydrogen-bond donors (Lipinski definition) is 0. The van der Waals surface area contributed by atoms with Crippen molar-refractivity contribution in [3.05, 3.63) is 35.1 Å². The van der Waals surface area contributed by atoms with E-state index in [1.54, 1.807) is 0 Å². The first-order chi connectivity index (χ1) is 12.0. The van der Waals surface area contributed by atoms with E-state index in [4.69, 9.17) is 4.74 Å². The van der Waals surface area contributed by atoms with Crippen LogP contribution in [-0.4, -0.2) is 12.4 Å². The van der Waals surface area contributed by atoms with Crippen molar-refractivity contribution >= 4 is 5.78 Å². The molecule has 1 heterocycles. The molecule has 1 aromatic rings. The third-order valence-electron chi connectivity index (χ3n) is 5.80. The van der Waals surface area contributed by atoms with Gasteiger partial charge in [-0.25, -0.2) is 13.2 Å². The molecule has 0 bridgehead atoms. The molecule has 2 atom stereocenters. The number of ketones is 1. The number of ether oxygens (including phenoxy) is 1. The van der Waals surface area contributed by atoms with Crippen LogP contribution in [0.25, 0.3) is 0 Å². The summed E-state index contributed by atoms with van der Waals surface area (Å²) in [6.45, 7) is 2.63. The highest BCUT2D eigenvalue weighted by Gasteiger charge is 2.36.